The number of halogens is 2. The predicted molar refractivity (Wildman–Crippen MR) is 70.3 cm³/mol. The molecule has 0 bridgehead atoms. The van der Waals surface area contributed by atoms with Crippen molar-refractivity contribution >= 4 is 37.6 Å². The van der Waals surface area contributed by atoms with Crippen LogP contribution in [0.15, 0.2) is 21.5 Å². The fourth-order valence-corrected chi connectivity index (χ4v) is 3.24. The minimum absolute atomic E-state index is 0.0689. The van der Waals surface area contributed by atoms with Crippen molar-refractivity contribution in [3.63, 3.8) is 0 Å². The largest absolute Gasteiger partial charge is 0.468 e. The van der Waals surface area contributed by atoms with Crippen molar-refractivity contribution in [2.24, 2.45) is 0 Å². The van der Waals surface area contributed by atoms with E-state index in [1.54, 1.807) is 0 Å². The fraction of sp³-hybridized carbons (Fsp3) is 0.300. The first-order valence-electron chi connectivity index (χ1n) is 5.03. The number of esters is 1. The molecule has 0 aromatic heterocycles. The van der Waals surface area contributed by atoms with E-state index in [0.29, 0.717) is 0 Å². The highest BCUT2D eigenvalue weighted by molar-refractivity contribution is 9.10. The normalized spacial score (nSPS) is 13.1. The van der Waals surface area contributed by atoms with Gasteiger partial charge >= 0.3 is 5.97 Å². The average molecular weight is 355 g/mol. The molecule has 0 saturated heterocycles. The lowest BCUT2D eigenvalue weighted by Gasteiger charge is -2.13. The number of benzene rings is 1. The zero-order chi connectivity index (χ0) is 14.8. The second kappa shape index (κ2) is 5.85. The predicted octanol–water partition coefficient (Wildman–Crippen LogP) is 1.01. The SMILES string of the molecule is COC(=O)C(C)NS(=O)(=O)c1cc(N)cc(Br)c1F. The maximum atomic E-state index is 13.8. The smallest absolute Gasteiger partial charge is 0.323 e. The molecule has 0 aliphatic carbocycles. The monoisotopic (exact) mass is 354 g/mol. The minimum Gasteiger partial charge on any atom is -0.468 e. The molecule has 0 aliphatic heterocycles. The summed E-state index contributed by atoms with van der Waals surface area (Å²) in [4.78, 5) is 10.5. The van der Waals surface area contributed by atoms with Crippen molar-refractivity contribution in [1.29, 1.82) is 0 Å². The number of carbonyl (C=O) groups excluding carboxylic acids is 1. The third kappa shape index (κ3) is 3.64. The number of hydrogen-bond donors (Lipinski definition) is 2. The zero-order valence-electron chi connectivity index (χ0n) is 10.1. The van der Waals surface area contributed by atoms with Gasteiger partial charge in [0.2, 0.25) is 10.0 Å². The van der Waals surface area contributed by atoms with Gasteiger partial charge in [-0.3, -0.25) is 4.79 Å². The molecule has 6 nitrogen and oxygen atoms in total. The van der Waals surface area contributed by atoms with E-state index in [4.69, 9.17) is 5.73 Å². The van der Waals surface area contributed by atoms with Crippen LogP contribution in [0.25, 0.3) is 0 Å². The van der Waals surface area contributed by atoms with E-state index in [-0.39, 0.29) is 10.2 Å². The number of sulfonamides is 1. The number of carbonyl (C=O) groups is 1. The molecule has 3 N–H and O–H groups in total. The van der Waals surface area contributed by atoms with Crippen LogP contribution >= 0.6 is 15.9 Å². The van der Waals surface area contributed by atoms with E-state index in [1.165, 1.54) is 13.0 Å². The molecule has 19 heavy (non-hydrogen) atoms. The minimum atomic E-state index is -4.23. The first-order valence-corrected chi connectivity index (χ1v) is 7.31. The molecule has 0 spiro atoms. The molecule has 1 unspecified atom stereocenters. The Kier molecular flexibility index (Phi) is 4.88. The topological polar surface area (TPSA) is 98.5 Å². The van der Waals surface area contributed by atoms with Gasteiger partial charge in [0, 0.05) is 5.69 Å². The quantitative estimate of drug-likeness (QED) is 0.621. The van der Waals surface area contributed by atoms with Crippen LogP contribution in [0.1, 0.15) is 6.92 Å². The Morgan fingerprint density at radius 3 is 2.63 bits per heavy atom. The number of nitrogen functional groups attached to an aromatic ring is 1. The Morgan fingerprint density at radius 1 is 1.53 bits per heavy atom. The number of ether oxygens (including phenoxy) is 1. The summed E-state index contributed by atoms with van der Waals surface area (Å²) in [6, 6.07) is 1.06. The van der Waals surface area contributed by atoms with Crippen molar-refractivity contribution < 1.29 is 22.3 Å². The Hall–Kier alpha value is -1.19. The van der Waals surface area contributed by atoms with Gasteiger partial charge < -0.3 is 10.5 Å². The third-order valence-electron chi connectivity index (χ3n) is 2.19. The molecular weight excluding hydrogens is 343 g/mol. The Balaban J connectivity index is 3.18. The molecule has 1 aromatic carbocycles. The number of methoxy groups -OCH3 is 1. The molecule has 1 atom stereocenters. The van der Waals surface area contributed by atoms with E-state index in [0.717, 1.165) is 13.2 Å². The highest BCUT2D eigenvalue weighted by Crippen LogP contribution is 2.26. The van der Waals surface area contributed by atoms with Crippen molar-refractivity contribution in [1.82, 2.24) is 4.72 Å². The van der Waals surface area contributed by atoms with Gasteiger partial charge in [0.1, 0.15) is 10.9 Å². The third-order valence-corrected chi connectivity index (χ3v) is 4.31. The number of hydrogen-bond acceptors (Lipinski definition) is 5. The van der Waals surface area contributed by atoms with Crippen LogP contribution < -0.4 is 10.5 Å². The maximum absolute atomic E-state index is 13.8. The van der Waals surface area contributed by atoms with Crippen LogP contribution in [0.3, 0.4) is 0 Å². The van der Waals surface area contributed by atoms with Gasteiger partial charge in [-0.2, -0.15) is 4.72 Å². The number of rotatable bonds is 4. The molecule has 1 rings (SSSR count). The lowest BCUT2D eigenvalue weighted by molar-refractivity contribution is -0.142. The van der Waals surface area contributed by atoms with Crippen LogP contribution in [-0.4, -0.2) is 27.5 Å². The molecule has 0 amide bonds. The summed E-state index contributed by atoms with van der Waals surface area (Å²) in [5.74, 6) is -1.77. The highest BCUT2D eigenvalue weighted by atomic mass is 79.9. The van der Waals surface area contributed by atoms with E-state index < -0.39 is 32.7 Å². The maximum Gasteiger partial charge on any atom is 0.323 e. The van der Waals surface area contributed by atoms with E-state index in [9.17, 15) is 17.6 Å². The molecule has 0 saturated carbocycles. The van der Waals surface area contributed by atoms with Gasteiger partial charge in [0.15, 0.2) is 5.82 Å². The first-order chi connectivity index (χ1) is 8.69. The van der Waals surface area contributed by atoms with Crippen LogP contribution in [-0.2, 0) is 19.6 Å². The lowest BCUT2D eigenvalue weighted by Crippen LogP contribution is -2.39. The molecule has 106 valence electrons. The molecule has 1 aromatic rings. The molecule has 0 heterocycles. The summed E-state index contributed by atoms with van der Waals surface area (Å²) in [7, 11) is -3.11. The van der Waals surface area contributed by atoms with Crippen LogP contribution in [0.2, 0.25) is 0 Å². The highest BCUT2D eigenvalue weighted by Gasteiger charge is 2.26. The van der Waals surface area contributed by atoms with Crippen LogP contribution in [0.5, 0.6) is 0 Å². The second-order valence-electron chi connectivity index (χ2n) is 3.68. The molecule has 0 fully saturated rings. The average Bonchev–Trinajstić information content (AvgIpc) is 2.31. The van der Waals surface area contributed by atoms with Gasteiger partial charge in [-0.25, -0.2) is 12.8 Å². The van der Waals surface area contributed by atoms with Gasteiger partial charge in [-0.05, 0) is 35.0 Å². The molecule has 0 radical (unpaired) electrons. The first kappa shape index (κ1) is 15.9. The van der Waals surface area contributed by atoms with Crippen molar-refractivity contribution in [2.45, 2.75) is 17.9 Å². The van der Waals surface area contributed by atoms with Crippen molar-refractivity contribution in [3.8, 4) is 0 Å². The summed E-state index contributed by atoms with van der Waals surface area (Å²) in [6.07, 6.45) is 0. The van der Waals surface area contributed by atoms with Gasteiger partial charge in [-0.15, -0.1) is 0 Å². The number of nitrogens with one attached hydrogen (secondary N) is 1. The van der Waals surface area contributed by atoms with Crippen LogP contribution in [0.4, 0.5) is 10.1 Å². The molecule has 9 heteroatoms. The summed E-state index contributed by atoms with van der Waals surface area (Å²) in [6.45, 7) is 1.28. The summed E-state index contributed by atoms with van der Waals surface area (Å²) < 4.78 is 44.0. The molecular formula is C10H12BrFN2O4S. The van der Waals surface area contributed by atoms with E-state index in [1.807, 2.05) is 4.72 Å². The number of anilines is 1. The van der Waals surface area contributed by atoms with Gasteiger partial charge in [-0.1, -0.05) is 0 Å². The Morgan fingerprint density at radius 2 is 2.11 bits per heavy atom. The Labute approximate surface area is 118 Å². The fourth-order valence-electron chi connectivity index (χ4n) is 1.30. The van der Waals surface area contributed by atoms with Crippen molar-refractivity contribution in [3.05, 3.63) is 22.4 Å². The van der Waals surface area contributed by atoms with E-state index >= 15 is 0 Å². The van der Waals surface area contributed by atoms with Gasteiger partial charge in [0.25, 0.3) is 0 Å². The zero-order valence-corrected chi connectivity index (χ0v) is 12.5. The van der Waals surface area contributed by atoms with Crippen LogP contribution in [0, 0.1) is 5.82 Å². The number of nitrogens with two attached hydrogens (primary N) is 1. The second-order valence-corrected chi connectivity index (χ2v) is 6.22. The Bertz CT molecular complexity index is 606. The van der Waals surface area contributed by atoms with Crippen molar-refractivity contribution in [2.75, 3.05) is 12.8 Å². The molecule has 0 aliphatic rings. The standard InChI is InChI=1S/C10H12BrFN2O4S/c1-5(10(15)18-2)14-19(16,17)8-4-6(13)3-7(11)9(8)12/h3-5,14H,13H2,1-2H3. The summed E-state index contributed by atoms with van der Waals surface area (Å²) >= 11 is 2.86. The van der Waals surface area contributed by atoms with Gasteiger partial charge in [0.05, 0.1) is 11.6 Å². The summed E-state index contributed by atoms with van der Waals surface area (Å²) in [5, 5.41) is 0. The lowest BCUT2D eigenvalue weighted by atomic mass is 10.3. The summed E-state index contributed by atoms with van der Waals surface area (Å²) in [5.41, 5.74) is 5.53. The van der Waals surface area contributed by atoms with E-state index in [2.05, 4.69) is 20.7 Å².